The van der Waals surface area contributed by atoms with Crippen LogP contribution in [0.25, 0.3) is 0 Å². The number of hydrogen-bond acceptors (Lipinski definition) is 0. The third kappa shape index (κ3) is 6.14. The second-order valence-corrected chi connectivity index (χ2v) is 1.00. The molecular formula is C7H10Pd. The Bertz CT molecular complexity index is 62.5. The molecule has 0 amide bonds. The predicted octanol–water partition coefficient (Wildman–Crippen LogP) is 2.14. The van der Waals surface area contributed by atoms with Gasteiger partial charge in [-0.3, -0.25) is 6.08 Å². The first-order valence-corrected chi connectivity index (χ1v) is 2.42. The van der Waals surface area contributed by atoms with Crippen molar-refractivity contribution in [1.82, 2.24) is 0 Å². The molecule has 0 spiro atoms. The van der Waals surface area contributed by atoms with E-state index in [0.717, 1.165) is 6.42 Å². The van der Waals surface area contributed by atoms with E-state index in [-0.39, 0.29) is 20.4 Å². The van der Waals surface area contributed by atoms with Gasteiger partial charge < -0.3 is 6.92 Å². The summed E-state index contributed by atoms with van der Waals surface area (Å²) in [6, 6.07) is 0. The smallest absolute Gasteiger partial charge is 0.346 e. The van der Waals surface area contributed by atoms with Crippen molar-refractivity contribution in [3.8, 4) is 0 Å². The third-order valence-electron chi connectivity index (χ3n) is 0.586. The van der Waals surface area contributed by atoms with Crippen molar-refractivity contribution in [2.45, 2.75) is 13.3 Å². The van der Waals surface area contributed by atoms with Crippen molar-refractivity contribution in [3.05, 3.63) is 31.2 Å². The number of hydrogen-bond donors (Lipinski definition) is 0. The van der Waals surface area contributed by atoms with Crippen molar-refractivity contribution < 1.29 is 20.4 Å². The summed E-state index contributed by atoms with van der Waals surface area (Å²) in [5, 5.41) is 0. The summed E-state index contributed by atoms with van der Waals surface area (Å²) in [4.78, 5) is 0. The Morgan fingerprint density at radius 3 is 2.25 bits per heavy atom. The van der Waals surface area contributed by atoms with Crippen molar-refractivity contribution in [2.75, 3.05) is 0 Å². The van der Waals surface area contributed by atoms with Gasteiger partial charge >= 0.3 is 20.4 Å². The molecule has 0 aliphatic heterocycles. The van der Waals surface area contributed by atoms with Crippen molar-refractivity contribution in [1.29, 1.82) is 0 Å². The van der Waals surface area contributed by atoms with Gasteiger partial charge in [-0.25, -0.2) is 12.2 Å². The summed E-state index contributed by atoms with van der Waals surface area (Å²) < 4.78 is 0. The van der Waals surface area contributed by atoms with E-state index in [9.17, 15) is 0 Å². The molecule has 0 aromatic carbocycles. The summed E-state index contributed by atoms with van der Waals surface area (Å²) in [6.07, 6.45) is 10.0. The molecule has 48 valence electrons. The zero-order chi connectivity index (χ0) is 5.54. The Labute approximate surface area is 65.3 Å². The van der Waals surface area contributed by atoms with Crippen LogP contribution in [0.5, 0.6) is 0 Å². The van der Waals surface area contributed by atoms with Crippen LogP contribution in [0.1, 0.15) is 13.3 Å². The van der Waals surface area contributed by atoms with Crippen LogP contribution in [-0.2, 0) is 20.4 Å². The maximum Gasteiger partial charge on any atom is 2.00 e. The van der Waals surface area contributed by atoms with Crippen molar-refractivity contribution in [3.63, 3.8) is 0 Å². The summed E-state index contributed by atoms with van der Waals surface area (Å²) in [5.41, 5.74) is 0. The first-order valence-electron chi connectivity index (χ1n) is 2.42. The molecule has 0 unspecified atom stereocenters. The van der Waals surface area contributed by atoms with Gasteiger partial charge in [-0.15, -0.1) is 6.42 Å². The molecule has 0 saturated heterocycles. The molecule has 0 saturated carbocycles. The minimum absolute atomic E-state index is 0. The van der Waals surface area contributed by atoms with E-state index in [2.05, 4.69) is 19.1 Å². The first-order chi connectivity index (χ1) is 3.50. The van der Waals surface area contributed by atoms with Crippen LogP contribution in [0, 0.1) is 13.0 Å². The molecule has 0 aromatic heterocycles. The Morgan fingerprint density at radius 2 is 2.12 bits per heavy atom. The fourth-order valence-corrected chi connectivity index (χ4v) is 0.340. The van der Waals surface area contributed by atoms with Crippen LogP contribution in [-0.4, -0.2) is 0 Å². The van der Waals surface area contributed by atoms with E-state index in [1.807, 2.05) is 12.2 Å². The molecule has 0 N–H and O–H groups in total. The molecule has 1 aliphatic rings. The summed E-state index contributed by atoms with van der Waals surface area (Å²) in [7, 11) is 0. The van der Waals surface area contributed by atoms with Gasteiger partial charge in [0, 0.05) is 0 Å². The van der Waals surface area contributed by atoms with Crippen LogP contribution in [0.4, 0.5) is 0 Å². The number of allylic oxidation sites excluding steroid dienone is 4. The van der Waals surface area contributed by atoms with E-state index in [0.29, 0.717) is 0 Å². The van der Waals surface area contributed by atoms with E-state index in [1.165, 1.54) is 0 Å². The standard InChI is InChI=1S/C5H5.C2H5.Pd/c1-2-4-5-3-1;1-2;/h1-3H,4H2;1H2,2H3;/q2*-1;+2. The first kappa shape index (κ1) is 11.0. The zero-order valence-electron chi connectivity index (χ0n) is 4.96. The Balaban J connectivity index is 0. The summed E-state index contributed by atoms with van der Waals surface area (Å²) in [5.74, 6) is 0. The second-order valence-electron chi connectivity index (χ2n) is 1.00. The summed E-state index contributed by atoms with van der Waals surface area (Å²) >= 11 is 0. The molecule has 0 radical (unpaired) electrons. The van der Waals surface area contributed by atoms with E-state index in [1.54, 1.807) is 6.92 Å². The topological polar surface area (TPSA) is 0 Å². The number of rotatable bonds is 0. The second kappa shape index (κ2) is 10.2. The fourth-order valence-electron chi connectivity index (χ4n) is 0.340. The van der Waals surface area contributed by atoms with Crippen LogP contribution >= 0.6 is 0 Å². The van der Waals surface area contributed by atoms with Crippen LogP contribution in [0.15, 0.2) is 18.2 Å². The SMILES string of the molecule is [C-]1=CC=CC1.[CH2-]C.[Pd+2]. The van der Waals surface area contributed by atoms with Gasteiger partial charge in [-0.1, -0.05) is 0 Å². The van der Waals surface area contributed by atoms with E-state index < -0.39 is 0 Å². The molecule has 0 bridgehead atoms. The van der Waals surface area contributed by atoms with Gasteiger partial charge in [0.1, 0.15) is 0 Å². The summed E-state index contributed by atoms with van der Waals surface area (Å²) in [6.45, 7) is 5.00. The molecular weight excluding hydrogens is 190 g/mol. The Kier molecular flexibility index (Phi) is 14.0. The van der Waals surface area contributed by atoms with Gasteiger partial charge in [0.25, 0.3) is 0 Å². The minimum atomic E-state index is 0. The minimum Gasteiger partial charge on any atom is -0.346 e. The van der Waals surface area contributed by atoms with Crippen LogP contribution in [0.3, 0.4) is 0 Å². The Hall–Kier alpha value is 0.142. The zero-order valence-corrected chi connectivity index (χ0v) is 6.52. The maximum atomic E-state index is 3.25. The predicted molar refractivity (Wildman–Crippen MR) is 32.6 cm³/mol. The van der Waals surface area contributed by atoms with Crippen molar-refractivity contribution in [2.24, 2.45) is 0 Å². The van der Waals surface area contributed by atoms with Gasteiger partial charge in [-0.05, 0) is 0 Å². The Morgan fingerprint density at radius 1 is 1.50 bits per heavy atom. The molecule has 1 heteroatoms. The molecule has 0 atom stereocenters. The van der Waals surface area contributed by atoms with E-state index >= 15 is 0 Å². The monoisotopic (exact) mass is 200 g/mol. The van der Waals surface area contributed by atoms with Crippen molar-refractivity contribution >= 4 is 0 Å². The molecule has 1 rings (SSSR count). The van der Waals surface area contributed by atoms with E-state index in [4.69, 9.17) is 0 Å². The normalized spacial score (nSPS) is 11.8. The molecule has 0 fully saturated rings. The average Bonchev–Trinajstić information content (AvgIpc) is 2.23. The van der Waals surface area contributed by atoms with Gasteiger partial charge in [-0.2, -0.15) is 13.0 Å². The quantitative estimate of drug-likeness (QED) is 0.415. The fraction of sp³-hybridized carbons (Fsp3) is 0.286. The van der Waals surface area contributed by atoms with Crippen LogP contribution < -0.4 is 0 Å². The van der Waals surface area contributed by atoms with Gasteiger partial charge in [0.2, 0.25) is 0 Å². The van der Waals surface area contributed by atoms with Gasteiger partial charge in [0.15, 0.2) is 0 Å². The average molecular weight is 201 g/mol. The largest absolute Gasteiger partial charge is 2.00 e. The molecule has 0 heterocycles. The molecule has 0 aromatic rings. The molecule has 0 nitrogen and oxygen atoms in total. The molecule has 1 aliphatic carbocycles. The third-order valence-corrected chi connectivity index (χ3v) is 0.586. The van der Waals surface area contributed by atoms with Crippen LogP contribution in [0.2, 0.25) is 0 Å². The van der Waals surface area contributed by atoms with Gasteiger partial charge in [0.05, 0.1) is 0 Å². The maximum absolute atomic E-state index is 3.25. The molecule has 8 heavy (non-hydrogen) atoms.